The van der Waals surface area contributed by atoms with Gasteiger partial charge in [0.15, 0.2) is 22.4 Å². The molecular weight excluding hydrogens is 514 g/mol. The second-order valence-electron chi connectivity index (χ2n) is 8.31. The predicted octanol–water partition coefficient (Wildman–Crippen LogP) is 5.27. The van der Waals surface area contributed by atoms with Crippen LogP contribution in [0.4, 0.5) is 5.13 Å². The smallest absolute Gasteiger partial charge is 0.296 e. The molecule has 0 aliphatic carbocycles. The Labute approximate surface area is 220 Å². The molecule has 0 spiro atoms. The molecule has 11 heteroatoms. The van der Waals surface area contributed by atoms with E-state index in [-0.39, 0.29) is 17.1 Å². The van der Waals surface area contributed by atoms with E-state index in [1.54, 1.807) is 32.0 Å². The summed E-state index contributed by atoms with van der Waals surface area (Å²) in [6, 6.07) is 8.96. The van der Waals surface area contributed by atoms with Crippen molar-refractivity contribution in [2.24, 2.45) is 0 Å². The number of fused-ring (bicyclic) bond motifs is 1. The molecule has 3 heterocycles. The van der Waals surface area contributed by atoms with Gasteiger partial charge in [0.2, 0.25) is 5.78 Å². The predicted molar refractivity (Wildman–Crippen MR) is 141 cm³/mol. The Morgan fingerprint density at radius 2 is 1.89 bits per heavy atom. The summed E-state index contributed by atoms with van der Waals surface area (Å²) < 4.78 is 11.6. The number of thiazole rings is 2. The number of hydrogen-bond donors (Lipinski definition) is 2. The Hall–Kier alpha value is -3.96. The molecule has 1 amide bonds. The fourth-order valence-corrected chi connectivity index (χ4v) is 6.23. The van der Waals surface area contributed by atoms with E-state index in [9.17, 15) is 19.8 Å². The van der Waals surface area contributed by atoms with Crippen LogP contribution in [0, 0.1) is 13.8 Å². The fraction of sp³-hybridized carbons (Fsp3) is 0.231. The second kappa shape index (κ2) is 9.49. The Morgan fingerprint density at radius 3 is 2.57 bits per heavy atom. The molecule has 4 aromatic rings. The van der Waals surface area contributed by atoms with Crippen LogP contribution in [0.2, 0.25) is 0 Å². The van der Waals surface area contributed by atoms with Crippen molar-refractivity contribution in [1.82, 2.24) is 9.97 Å². The average Bonchev–Trinajstić information content (AvgIpc) is 3.52. The largest absolute Gasteiger partial charge is 0.504 e. The number of aryl methyl sites for hydroxylation is 2. The summed E-state index contributed by atoms with van der Waals surface area (Å²) in [7, 11) is 1.41. The van der Waals surface area contributed by atoms with Crippen molar-refractivity contribution in [3.8, 4) is 17.2 Å². The summed E-state index contributed by atoms with van der Waals surface area (Å²) in [5, 5.41) is 22.2. The van der Waals surface area contributed by atoms with Gasteiger partial charge in [-0.05, 0) is 56.7 Å². The number of rotatable bonds is 7. The highest BCUT2D eigenvalue weighted by atomic mass is 32.1. The zero-order valence-electron chi connectivity index (χ0n) is 20.4. The number of carbonyl (C=O) groups excluding carboxylic acids is 2. The molecule has 1 atom stereocenters. The van der Waals surface area contributed by atoms with E-state index in [0.29, 0.717) is 44.1 Å². The lowest BCUT2D eigenvalue weighted by Crippen LogP contribution is -2.31. The van der Waals surface area contributed by atoms with Gasteiger partial charge in [0.25, 0.3) is 5.91 Å². The number of nitrogens with zero attached hydrogens (tertiary/aromatic N) is 3. The summed E-state index contributed by atoms with van der Waals surface area (Å²) in [4.78, 5) is 37.9. The van der Waals surface area contributed by atoms with Crippen LogP contribution in [0.25, 0.3) is 10.2 Å². The fourth-order valence-electron chi connectivity index (χ4n) is 4.33. The molecule has 0 saturated heterocycles. The Kier molecular flexibility index (Phi) is 6.34. The molecule has 190 valence electrons. The number of ether oxygens (including phenoxy) is 2. The number of aliphatic hydroxyl groups excluding tert-OH is 1. The normalized spacial score (nSPS) is 15.6. The highest BCUT2D eigenvalue weighted by molar-refractivity contribution is 7.22. The van der Waals surface area contributed by atoms with Crippen LogP contribution >= 0.6 is 22.7 Å². The molecule has 0 saturated carbocycles. The maximum Gasteiger partial charge on any atom is 0.296 e. The summed E-state index contributed by atoms with van der Waals surface area (Å²) >= 11 is 2.44. The summed E-state index contributed by atoms with van der Waals surface area (Å²) in [5.41, 5.74) is 1.54. The van der Waals surface area contributed by atoms with Crippen molar-refractivity contribution in [3.63, 3.8) is 0 Å². The number of anilines is 1. The van der Waals surface area contributed by atoms with E-state index in [2.05, 4.69) is 9.97 Å². The average molecular weight is 538 g/mol. The van der Waals surface area contributed by atoms with Gasteiger partial charge >= 0.3 is 0 Å². The van der Waals surface area contributed by atoms with Crippen molar-refractivity contribution < 1.29 is 29.3 Å². The van der Waals surface area contributed by atoms with E-state index >= 15 is 0 Å². The molecule has 0 radical (unpaired) electrons. The van der Waals surface area contributed by atoms with Crippen LogP contribution < -0.4 is 14.4 Å². The lowest BCUT2D eigenvalue weighted by atomic mass is 9.95. The molecule has 1 aliphatic heterocycles. The topological polar surface area (TPSA) is 122 Å². The number of amides is 1. The Bertz CT molecular complexity index is 1590. The number of phenols is 1. The van der Waals surface area contributed by atoms with E-state index in [4.69, 9.17) is 9.47 Å². The number of Topliss-reactive ketones (excluding diaryl/α,β-unsaturated/α-hetero) is 1. The first-order chi connectivity index (χ1) is 17.7. The van der Waals surface area contributed by atoms with Crippen LogP contribution in [0.5, 0.6) is 17.2 Å². The third-order valence-electron chi connectivity index (χ3n) is 5.95. The minimum Gasteiger partial charge on any atom is -0.504 e. The van der Waals surface area contributed by atoms with Gasteiger partial charge in [0.1, 0.15) is 5.75 Å². The highest BCUT2D eigenvalue weighted by Gasteiger charge is 2.46. The Morgan fingerprint density at radius 1 is 1.11 bits per heavy atom. The van der Waals surface area contributed by atoms with Gasteiger partial charge in [-0.25, -0.2) is 9.97 Å². The van der Waals surface area contributed by atoms with Crippen molar-refractivity contribution in [2.75, 3.05) is 18.6 Å². The minimum absolute atomic E-state index is 0.0845. The Balaban J connectivity index is 1.68. The molecule has 37 heavy (non-hydrogen) atoms. The first-order valence-corrected chi connectivity index (χ1v) is 13.0. The maximum absolute atomic E-state index is 13.8. The van der Waals surface area contributed by atoms with Crippen LogP contribution in [-0.2, 0) is 4.79 Å². The highest BCUT2D eigenvalue weighted by Crippen LogP contribution is 2.46. The number of benzene rings is 2. The standard InChI is InChI=1S/C26H23N3O6S2/c1-5-35-15-7-8-16-19(11-15)37-26(28-16)29-21(14-6-9-17(30)18(10-14)34-4)20(23(32)25(29)33)22(31)24-12(2)27-13(3)36-24/h6-11,21,30,32H,5H2,1-4H3. The van der Waals surface area contributed by atoms with Crippen molar-refractivity contribution in [2.45, 2.75) is 26.8 Å². The van der Waals surface area contributed by atoms with E-state index in [1.807, 2.05) is 13.0 Å². The van der Waals surface area contributed by atoms with Gasteiger partial charge < -0.3 is 19.7 Å². The van der Waals surface area contributed by atoms with E-state index < -0.39 is 23.5 Å². The lowest BCUT2D eigenvalue weighted by Gasteiger charge is -2.24. The van der Waals surface area contributed by atoms with E-state index in [0.717, 1.165) is 4.70 Å². The minimum atomic E-state index is -1.01. The molecule has 2 aromatic heterocycles. The van der Waals surface area contributed by atoms with Crippen LogP contribution in [0.3, 0.4) is 0 Å². The quantitative estimate of drug-likeness (QED) is 0.306. The molecule has 9 nitrogen and oxygen atoms in total. The van der Waals surface area contributed by atoms with Gasteiger partial charge in [-0.2, -0.15) is 0 Å². The molecule has 0 fully saturated rings. The van der Waals surface area contributed by atoms with E-state index in [1.165, 1.54) is 46.8 Å². The number of phenolic OH excluding ortho intramolecular Hbond substituents is 1. The van der Waals surface area contributed by atoms with Crippen molar-refractivity contribution in [3.05, 3.63) is 68.9 Å². The lowest BCUT2D eigenvalue weighted by molar-refractivity contribution is -0.117. The van der Waals surface area contributed by atoms with Crippen LogP contribution in [0.1, 0.15) is 38.9 Å². The molecule has 2 aromatic carbocycles. The first kappa shape index (κ1) is 24.7. The number of methoxy groups -OCH3 is 1. The van der Waals surface area contributed by atoms with Crippen molar-refractivity contribution in [1.29, 1.82) is 0 Å². The molecule has 1 unspecified atom stereocenters. The summed E-state index contributed by atoms with van der Waals surface area (Å²) in [5.74, 6) is -1.15. The number of carbonyl (C=O) groups is 2. The van der Waals surface area contributed by atoms with Gasteiger partial charge in [-0.3, -0.25) is 14.5 Å². The third kappa shape index (κ3) is 4.19. The third-order valence-corrected chi connectivity index (χ3v) is 8.04. The second-order valence-corrected chi connectivity index (χ2v) is 10.5. The van der Waals surface area contributed by atoms with Crippen molar-refractivity contribution >= 4 is 49.7 Å². The number of ketones is 1. The summed E-state index contributed by atoms with van der Waals surface area (Å²) in [6.45, 7) is 5.90. The van der Waals surface area contributed by atoms with Crippen LogP contribution in [0.15, 0.2) is 47.7 Å². The number of aromatic hydroxyl groups is 1. The molecule has 0 bridgehead atoms. The molecule has 2 N–H and O–H groups in total. The number of hydrogen-bond acceptors (Lipinski definition) is 10. The SMILES string of the molecule is CCOc1ccc2nc(N3C(=O)C(O)=C(C(=O)c4sc(C)nc4C)C3c3ccc(O)c(OC)c3)sc2c1. The molecule has 1 aliphatic rings. The van der Waals surface area contributed by atoms with Gasteiger partial charge in [0, 0.05) is 0 Å². The molecular formula is C26H23N3O6S2. The number of aliphatic hydroxyl groups is 1. The first-order valence-electron chi connectivity index (χ1n) is 11.4. The zero-order valence-corrected chi connectivity index (χ0v) is 22.1. The number of aromatic nitrogens is 2. The van der Waals surface area contributed by atoms with Crippen LogP contribution in [-0.4, -0.2) is 45.6 Å². The summed E-state index contributed by atoms with van der Waals surface area (Å²) in [6.07, 6.45) is 0. The maximum atomic E-state index is 13.8. The monoisotopic (exact) mass is 537 g/mol. The van der Waals surface area contributed by atoms with Gasteiger partial charge in [-0.1, -0.05) is 17.4 Å². The zero-order chi connectivity index (χ0) is 26.4. The molecule has 5 rings (SSSR count). The van der Waals surface area contributed by atoms with Gasteiger partial charge in [0.05, 0.1) is 51.1 Å². The van der Waals surface area contributed by atoms with Gasteiger partial charge in [-0.15, -0.1) is 11.3 Å².